The molecule has 1 aliphatic rings. The summed E-state index contributed by atoms with van der Waals surface area (Å²) in [6.07, 6.45) is 4.07. The number of carbonyl (C=O) groups is 1. The molecule has 0 aliphatic heterocycles. The lowest BCUT2D eigenvalue weighted by molar-refractivity contribution is -0.124. The summed E-state index contributed by atoms with van der Waals surface area (Å²) in [6, 6.07) is 20.0. The Morgan fingerprint density at radius 3 is 2.31 bits per heavy atom. The Labute approximate surface area is 209 Å². The van der Waals surface area contributed by atoms with Crippen LogP contribution < -0.4 is 9.64 Å². The van der Waals surface area contributed by atoms with Crippen molar-refractivity contribution in [1.82, 2.24) is 0 Å². The number of rotatable bonds is 9. The normalized spacial score (nSPS) is 18.1. The number of aryl methyl sites for hydroxylation is 1. The van der Waals surface area contributed by atoms with Crippen LogP contribution in [0.5, 0.6) is 11.5 Å². The number of fused-ring (bicyclic) bond motifs is 1. The molecule has 0 radical (unpaired) electrons. The molecule has 1 saturated carbocycles. The zero-order chi connectivity index (χ0) is 24.8. The van der Waals surface area contributed by atoms with E-state index in [2.05, 4.69) is 25.1 Å². The van der Waals surface area contributed by atoms with Gasteiger partial charge in [-0.05, 0) is 73.7 Å². The van der Waals surface area contributed by atoms with E-state index in [-0.39, 0.29) is 17.9 Å². The second kappa shape index (κ2) is 11.7. The van der Waals surface area contributed by atoms with E-state index in [4.69, 9.17) is 14.2 Å². The van der Waals surface area contributed by atoms with E-state index >= 15 is 0 Å². The maximum absolute atomic E-state index is 13.9. The third kappa shape index (κ3) is 5.85. The first-order valence-corrected chi connectivity index (χ1v) is 12.6. The summed E-state index contributed by atoms with van der Waals surface area (Å²) in [5, 5.41) is 2.21. The molecule has 1 aliphatic carbocycles. The molecule has 5 nitrogen and oxygen atoms in total. The predicted molar refractivity (Wildman–Crippen MR) is 141 cm³/mol. The van der Waals surface area contributed by atoms with Gasteiger partial charge in [-0.25, -0.2) is 0 Å². The minimum absolute atomic E-state index is 0.0356. The minimum atomic E-state index is -0.194. The SMILES string of the molecule is COCC(COC)N(C(=O)C1CCC(C)CC1)c1ccc(Oc2cccc3ccccc23)cc1C. The molecule has 35 heavy (non-hydrogen) atoms. The smallest absolute Gasteiger partial charge is 0.230 e. The quantitative estimate of drug-likeness (QED) is 0.343. The second-order valence-electron chi connectivity index (χ2n) is 9.76. The number of amides is 1. The number of ether oxygens (including phenoxy) is 3. The van der Waals surface area contributed by atoms with Crippen LogP contribution in [0, 0.1) is 18.8 Å². The molecule has 5 heteroatoms. The van der Waals surface area contributed by atoms with Gasteiger partial charge in [0, 0.05) is 31.2 Å². The standard InChI is InChI=1S/C30H37NO4/c1-21-12-14-24(15-13-21)30(32)31(25(19-33-3)20-34-4)28-17-16-26(18-22(28)2)35-29-11-7-9-23-8-5-6-10-27(23)29/h5-11,16-18,21,24-25H,12-15,19-20H2,1-4H3. The maximum Gasteiger partial charge on any atom is 0.230 e. The van der Waals surface area contributed by atoms with Crippen molar-refractivity contribution in [3.05, 3.63) is 66.2 Å². The monoisotopic (exact) mass is 475 g/mol. The van der Waals surface area contributed by atoms with Gasteiger partial charge in [-0.2, -0.15) is 0 Å². The zero-order valence-electron chi connectivity index (χ0n) is 21.3. The summed E-state index contributed by atoms with van der Waals surface area (Å²) in [7, 11) is 3.34. The molecule has 0 N–H and O–H groups in total. The number of benzene rings is 3. The van der Waals surface area contributed by atoms with Gasteiger partial charge in [-0.3, -0.25) is 4.79 Å². The number of hydrogen-bond donors (Lipinski definition) is 0. The molecule has 0 bridgehead atoms. The van der Waals surface area contributed by atoms with E-state index in [9.17, 15) is 4.79 Å². The summed E-state index contributed by atoms with van der Waals surface area (Å²) in [6.45, 7) is 5.13. The second-order valence-corrected chi connectivity index (χ2v) is 9.76. The van der Waals surface area contributed by atoms with Crippen LogP contribution in [-0.4, -0.2) is 39.4 Å². The molecule has 3 aromatic carbocycles. The summed E-state index contributed by atoms with van der Waals surface area (Å²) in [5.41, 5.74) is 1.87. The molecule has 0 spiro atoms. The van der Waals surface area contributed by atoms with Crippen molar-refractivity contribution in [2.45, 2.75) is 45.6 Å². The highest BCUT2D eigenvalue weighted by molar-refractivity contribution is 5.96. The predicted octanol–water partition coefficient (Wildman–Crippen LogP) is 6.76. The van der Waals surface area contributed by atoms with Crippen molar-refractivity contribution in [2.75, 3.05) is 32.3 Å². The third-order valence-electron chi connectivity index (χ3n) is 7.09. The van der Waals surface area contributed by atoms with Crippen molar-refractivity contribution < 1.29 is 19.0 Å². The van der Waals surface area contributed by atoms with Gasteiger partial charge in [0.05, 0.1) is 19.3 Å². The fourth-order valence-corrected chi connectivity index (χ4v) is 5.15. The summed E-state index contributed by atoms with van der Waals surface area (Å²) < 4.78 is 17.3. The molecule has 0 saturated heterocycles. The fourth-order valence-electron chi connectivity index (χ4n) is 5.15. The summed E-state index contributed by atoms with van der Waals surface area (Å²) in [4.78, 5) is 15.8. The molecule has 1 fully saturated rings. The van der Waals surface area contributed by atoms with Crippen molar-refractivity contribution >= 4 is 22.4 Å². The van der Waals surface area contributed by atoms with E-state index in [1.54, 1.807) is 14.2 Å². The van der Waals surface area contributed by atoms with Crippen LogP contribution >= 0.6 is 0 Å². The Balaban J connectivity index is 1.64. The number of anilines is 1. The van der Waals surface area contributed by atoms with Gasteiger partial charge in [0.2, 0.25) is 5.91 Å². The molecule has 0 heterocycles. The first kappa shape index (κ1) is 25.2. The number of methoxy groups -OCH3 is 2. The highest BCUT2D eigenvalue weighted by Gasteiger charge is 2.33. The van der Waals surface area contributed by atoms with Crippen LogP contribution in [0.2, 0.25) is 0 Å². The Morgan fingerprint density at radius 1 is 0.943 bits per heavy atom. The van der Waals surface area contributed by atoms with E-state index in [1.165, 1.54) is 0 Å². The van der Waals surface area contributed by atoms with Crippen LogP contribution in [0.25, 0.3) is 10.8 Å². The topological polar surface area (TPSA) is 48.0 Å². The van der Waals surface area contributed by atoms with Gasteiger partial charge in [0.15, 0.2) is 0 Å². The highest BCUT2D eigenvalue weighted by atomic mass is 16.5. The van der Waals surface area contributed by atoms with Crippen LogP contribution in [0.1, 0.15) is 38.2 Å². The molecule has 3 aromatic rings. The molecular weight excluding hydrogens is 438 g/mol. The Morgan fingerprint density at radius 2 is 1.63 bits per heavy atom. The van der Waals surface area contributed by atoms with Crippen molar-refractivity contribution in [2.24, 2.45) is 11.8 Å². The van der Waals surface area contributed by atoms with Crippen LogP contribution in [-0.2, 0) is 14.3 Å². The third-order valence-corrected chi connectivity index (χ3v) is 7.09. The van der Waals surface area contributed by atoms with Crippen molar-refractivity contribution in [3.63, 3.8) is 0 Å². The lowest BCUT2D eigenvalue weighted by atomic mass is 9.82. The van der Waals surface area contributed by atoms with E-state index in [0.717, 1.165) is 59.2 Å². The van der Waals surface area contributed by atoms with Crippen LogP contribution in [0.15, 0.2) is 60.7 Å². The van der Waals surface area contributed by atoms with E-state index in [1.807, 2.05) is 54.3 Å². The van der Waals surface area contributed by atoms with Gasteiger partial charge < -0.3 is 19.1 Å². The van der Waals surface area contributed by atoms with Crippen molar-refractivity contribution in [1.29, 1.82) is 0 Å². The average molecular weight is 476 g/mol. The Hall–Kier alpha value is -2.89. The largest absolute Gasteiger partial charge is 0.457 e. The van der Waals surface area contributed by atoms with E-state index in [0.29, 0.717) is 19.1 Å². The number of hydrogen-bond acceptors (Lipinski definition) is 4. The number of carbonyl (C=O) groups excluding carboxylic acids is 1. The lowest BCUT2D eigenvalue weighted by Gasteiger charge is -2.36. The molecule has 1 amide bonds. The molecule has 186 valence electrons. The number of nitrogens with zero attached hydrogens (tertiary/aromatic N) is 1. The van der Waals surface area contributed by atoms with Gasteiger partial charge in [-0.15, -0.1) is 0 Å². The molecular formula is C30H37NO4. The van der Waals surface area contributed by atoms with Gasteiger partial charge >= 0.3 is 0 Å². The van der Waals surface area contributed by atoms with Crippen LogP contribution in [0.4, 0.5) is 5.69 Å². The van der Waals surface area contributed by atoms with Gasteiger partial charge in [0.1, 0.15) is 11.5 Å². The Bertz CT molecular complexity index is 1120. The minimum Gasteiger partial charge on any atom is -0.457 e. The van der Waals surface area contributed by atoms with Gasteiger partial charge in [-0.1, -0.05) is 43.3 Å². The average Bonchev–Trinajstić information content (AvgIpc) is 2.86. The molecule has 0 atom stereocenters. The van der Waals surface area contributed by atoms with Gasteiger partial charge in [0.25, 0.3) is 0 Å². The lowest BCUT2D eigenvalue weighted by Crippen LogP contribution is -2.49. The van der Waals surface area contributed by atoms with E-state index < -0.39 is 0 Å². The van der Waals surface area contributed by atoms with Crippen molar-refractivity contribution in [3.8, 4) is 11.5 Å². The summed E-state index contributed by atoms with van der Waals surface area (Å²) in [5.74, 6) is 2.46. The highest BCUT2D eigenvalue weighted by Crippen LogP contribution is 2.36. The first-order valence-electron chi connectivity index (χ1n) is 12.6. The molecule has 0 unspecified atom stereocenters. The zero-order valence-corrected chi connectivity index (χ0v) is 21.3. The van der Waals surface area contributed by atoms with Crippen LogP contribution in [0.3, 0.4) is 0 Å². The summed E-state index contributed by atoms with van der Waals surface area (Å²) >= 11 is 0. The molecule has 0 aromatic heterocycles. The Kier molecular flexibility index (Phi) is 8.42. The fraction of sp³-hybridized carbons (Fsp3) is 0.433. The maximum atomic E-state index is 13.9. The first-order chi connectivity index (χ1) is 17.0. The molecule has 4 rings (SSSR count).